The molecule has 1 saturated heterocycles. The number of thiophene rings is 1. The van der Waals surface area contributed by atoms with Crippen LogP contribution in [0.2, 0.25) is 0 Å². The van der Waals surface area contributed by atoms with Crippen molar-refractivity contribution in [2.24, 2.45) is 5.92 Å². The quantitative estimate of drug-likeness (QED) is 0.861. The molecule has 2 rings (SSSR count). The monoisotopic (exact) mass is 240 g/mol. The predicted molar refractivity (Wildman–Crippen MR) is 66.8 cm³/mol. The van der Waals surface area contributed by atoms with Crippen LogP contribution in [0.25, 0.3) is 0 Å². The van der Waals surface area contributed by atoms with E-state index in [2.05, 4.69) is 32.2 Å². The molecule has 0 spiro atoms. The summed E-state index contributed by atoms with van der Waals surface area (Å²) in [6.45, 7) is 7.04. The Morgan fingerprint density at radius 2 is 2.31 bits per heavy atom. The molecule has 2 unspecified atom stereocenters. The van der Waals surface area contributed by atoms with Crippen LogP contribution in [0.1, 0.15) is 37.1 Å². The van der Waals surface area contributed by atoms with Crippen molar-refractivity contribution >= 4 is 11.3 Å². The van der Waals surface area contributed by atoms with Gasteiger partial charge in [-0.2, -0.15) is 0 Å². The first-order chi connectivity index (χ1) is 7.53. The standard InChI is InChI=1S/C13H20O2S/c1-9(2)11-8-13(14,5-6-15-11)12-10(3)4-7-16-12/h4,7,9,11,14H,5-6,8H2,1-3H3. The van der Waals surface area contributed by atoms with Gasteiger partial charge in [0.25, 0.3) is 0 Å². The van der Waals surface area contributed by atoms with E-state index in [1.807, 2.05) is 0 Å². The average molecular weight is 240 g/mol. The van der Waals surface area contributed by atoms with Crippen molar-refractivity contribution in [1.29, 1.82) is 0 Å². The lowest BCUT2D eigenvalue weighted by Crippen LogP contribution is -2.40. The van der Waals surface area contributed by atoms with Crippen LogP contribution >= 0.6 is 11.3 Å². The zero-order chi connectivity index (χ0) is 11.8. The Balaban J connectivity index is 2.22. The number of aryl methyl sites for hydroxylation is 1. The number of ether oxygens (including phenoxy) is 1. The van der Waals surface area contributed by atoms with E-state index in [1.54, 1.807) is 11.3 Å². The summed E-state index contributed by atoms with van der Waals surface area (Å²) in [5, 5.41) is 12.8. The molecule has 1 N–H and O–H groups in total. The van der Waals surface area contributed by atoms with Gasteiger partial charge in [-0.15, -0.1) is 11.3 Å². The summed E-state index contributed by atoms with van der Waals surface area (Å²) in [7, 11) is 0. The van der Waals surface area contributed by atoms with E-state index in [9.17, 15) is 5.11 Å². The Hall–Kier alpha value is -0.380. The Bertz CT molecular complexity index is 359. The molecule has 90 valence electrons. The molecular weight excluding hydrogens is 220 g/mol. The fourth-order valence-corrected chi connectivity index (χ4v) is 3.42. The second-order valence-corrected chi connectivity index (χ2v) is 5.99. The second-order valence-electron chi connectivity index (χ2n) is 5.07. The van der Waals surface area contributed by atoms with E-state index >= 15 is 0 Å². The number of hydrogen-bond acceptors (Lipinski definition) is 3. The van der Waals surface area contributed by atoms with Crippen molar-refractivity contribution < 1.29 is 9.84 Å². The summed E-state index contributed by atoms with van der Waals surface area (Å²) >= 11 is 1.66. The minimum atomic E-state index is -0.661. The van der Waals surface area contributed by atoms with E-state index in [-0.39, 0.29) is 6.10 Å². The highest BCUT2D eigenvalue weighted by molar-refractivity contribution is 7.10. The second kappa shape index (κ2) is 4.47. The molecule has 1 aromatic heterocycles. The molecule has 0 radical (unpaired) electrons. The summed E-state index contributed by atoms with van der Waals surface area (Å²) in [5.74, 6) is 0.465. The molecule has 1 aliphatic heterocycles. The first kappa shape index (κ1) is 12.1. The van der Waals surface area contributed by atoms with Crippen LogP contribution in [0.5, 0.6) is 0 Å². The fraction of sp³-hybridized carbons (Fsp3) is 0.692. The number of hydrogen-bond donors (Lipinski definition) is 1. The molecule has 2 heterocycles. The van der Waals surface area contributed by atoms with Gasteiger partial charge in [0.15, 0.2) is 0 Å². The van der Waals surface area contributed by atoms with E-state index in [0.29, 0.717) is 12.5 Å². The normalized spacial score (nSPS) is 30.9. The molecule has 16 heavy (non-hydrogen) atoms. The topological polar surface area (TPSA) is 29.5 Å². The predicted octanol–water partition coefficient (Wildman–Crippen LogP) is 3.08. The molecule has 0 bridgehead atoms. The van der Waals surface area contributed by atoms with Gasteiger partial charge in [-0.25, -0.2) is 0 Å². The van der Waals surface area contributed by atoms with Crippen molar-refractivity contribution in [1.82, 2.24) is 0 Å². The fourth-order valence-electron chi connectivity index (χ4n) is 2.36. The molecular formula is C13H20O2S. The van der Waals surface area contributed by atoms with E-state index in [1.165, 1.54) is 5.56 Å². The molecule has 3 heteroatoms. The molecule has 2 atom stereocenters. The first-order valence-electron chi connectivity index (χ1n) is 5.91. The molecule has 1 fully saturated rings. The highest BCUT2D eigenvalue weighted by Gasteiger charge is 2.39. The zero-order valence-corrected chi connectivity index (χ0v) is 11.0. The number of aliphatic hydroxyl groups is 1. The third-order valence-electron chi connectivity index (χ3n) is 3.41. The summed E-state index contributed by atoms with van der Waals surface area (Å²) in [6, 6.07) is 2.08. The molecule has 1 aliphatic rings. The van der Waals surface area contributed by atoms with Crippen molar-refractivity contribution in [3.63, 3.8) is 0 Å². The maximum Gasteiger partial charge on any atom is 0.104 e. The minimum Gasteiger partial charge on any atom is -0.384 e. The van der Waals surface area contributed by atoms with E-state index in [0.717, 1.165) is 17.7 Å². The lowest BCUT2D eigenvalue weighted by Gasteiger charge is -2.38. The van der Waals surface area contributed by atoms with Gasteiger partial charge >= 0.3 is 0 Å². The third-order valence-corrected chi connectivity index (χ3v) is 4.62. The van der Waals surface area contributed by atoms with Crippen molar-refractivity contribution in [2.45, 2.75) is 45.3 Å². The Morgan fingerprint density at radius 3 is 2.88 bits per heavy atom. The van der Waals surface area contributed by atoms with Crippen LogP contribution < -0.4 is 0 Å². The van der Waals surface area contributed by atoms with Gasteiger partial charge in [0.05, 0.1) is 12.7 Å². The van der Waals surface area contributed by atoms with Crippen LogP contribution in [-0.2, 0) is 10.3 Å². The minimum absolute atomic E-state index is 0.181. The first-order valence-corrected chi connectivity index (χ1v) is 6.79. The van der Waals surface area contributed by atoms with Gasteiger partial charge in [-0.05, 0) is 29.9 Å². The van der Waals surface area contributed by atoms with Crippen LogP contribution in [0, 0.1) is 12.8 Å². The largest absolute Gasteiger partial charge is 0.384 e. The van der Waals surface area contributed by atoms with Gasteiger partial charge in [0.2, 0.25) is 0 Å². The Kier molecular flexibility index (Phi) is 3.38. The van der Waals surface area contributed by atoms with Gasteiger partial charge in [0.1, 0.15) is 5.60 Å². The van der Waals surface area contributed by atoms with Crippen LogP contribution in [0.15, 0.2) is 11.4 Å². The van der Waals surface area contributed by atoms with Gasteiger partial charge in [-0.3, -0.25) is 0 Å². The Labute approximate surface area is 101 Å². The smallest absolute Gasteiger partial charge is 0.104 e. The number of rotatable bonds is 2. The van der Waals surface area contributed by atoms with Crippen LogP contribution in [0.3, 0.4) is 0 Å². The van der Waals surface area contributed by atoms with Gasteiger partial charge in [-0.1, -0.05) is 13.8 Å². The molecule has 0 aliphatic carbocycles. The van der Waals surface area contributed by atoms with Crippen LogP contribution in [0.4, 0.5) is 0 Å². The molecule has 2 nitrogen and oxygen atoms in total. The molecule has 0 saturated carbocycles. The van der Waals surface area contributed by atoms with E-state index < -0.39 is 5.60 Å². The zero-order valence-electron chi connectivity index (χ0n) is 10.2. The van der Waals surface area contributed by atoms with Crippen molar-refractivity contribution in [3.8, 4) is 0 Å². The summed E-state index contributed by atoms with van der Waals surface area (Å²) in [5.41, 5.74) is 0.544. The maximum absolute atomic E-state index is 10.8. The van der Waals surface area contributed by atoms with Crippen molar-refractivity contribution in [2.75, 3.05) is 6.61 Å². The average Bonchev–Trinajstić information content (AvgIpc) is 2.65. The van der Waals surface area contributed by atoms with Gasteiger partial charge in [0, 0.05) is 17.7 Å². The summed E-state index contributed by atoms with van der Waals surface area (Å²) in [6.07, 6.45) is 1.63. The Morgan fingerprint density at radius 1 is 1.56 bits per heavy atom. The maximum atomic E-state index is 10.8. The molecule has 0 aromatic carbocycles. The van der Waals surface area contributed by atoms with E-state index in [4.69, 9.17) is 4.74 Å². The van der Waals surface area contributed by atoms with Crippen LogP contribution in [-0.4, -0.2) is 17.8 Å². The van der Waals surface area contributed by atoms with Crippen molar-refractivity contribution in [3.05, 3.63) is 21.9 Å². The molecule has 0 amide bonds. The van der Waals surface area contributed by atoms with Gasteiger partial charge < -0.3 is 9.84 Å². The highest BCUT2D eigenvalue weighted by atomic mass is 32.1. The summed E-state index contributed by atoms with van der Waals surface area (Å²) < 4.78 is 5.72. The summed E-state index contributed by atoms with van der Waals surface area (Å²) in [4.78, 5) is 1.13. The lowest BCUT2D eigenvalue weighted by atomic mass is 9.84. The lowest BCUT2D eigenvalue weighted by molar-refractivity contribution is -0.119. The third kappa shape index (κ3) is 2.17. The molecule has 1 aromatic rings. The highest BCUT2D eigenvalue weighted by Crippen LogP contribution is 2.40. The SMILES string of the molecule is Cc1ccsc1C1(O)CCOC(C(C)C)C1.